The molecule has 0 aliphatic heterocycles. The van der Waals surface area contributed by atoms with Crippen LogP contribution in [0.5, 0.6) is 0 Å². The molecule has 0 saturated carbocycles. The van der Waals surface area contributed by atoms with E-state index >= 15 is 0 Å². The molecule has 1 aromatic rings. The third-order valence-corrected chi connectivity index (χ3v) is 3.28. The molecule has 0 heterocycles. The average Bonchev–Trinajstić information content (AvgIpc) is 2.33. The second-order valence-corrected chi connectivity index (χ2v) is 5.18. The number of amidine groups is 1. The van der Waals surface area contributed by atoms with Crippen LogP contribution in [0.1, 0.15) is 35.6 Å². The smallest absolute Gasteiger partial charge is 0.153 e. The molecule has 0 aromatic heterocycles. The number of oxime groups is 1. The Morgan fingerprint density at radius 1 is 1.26 bits per heavy atom. The first kappa shape index (κ1) is 15.5. The maximum Gasteiger partial charge on any atom is 0.153 e. The van der Waals surface area contributed by atoms with Gasteiger partial charge in [-0.15, -0.1) is 0 Å². The lowest BCUT2D eigenvalue weighted by atomic mass is 9.99. The van der Waals surface area contributed by atoms with Gasteiger partial charge < -0.3 is 10.9 Å². The lowest BCUT2D eigenvalue weighted by Gasteiger charge is -2.23. The Bertz CT molecular complexity index is 432. The van der Waals surface area contributed by atoms with Gasteiger partial charge in [-0.25, -0.2) is 0 Å². The van der Waals surface area contributed by atoms with Crippen molar-refractivity contribution in [1.82, 2.24) is 4.90 Å². The van der Waals surface area contributed by atoms with Gasteiger partial charge >= 0.3 is 0 Å². The summed E-state index contributed by atoms with van der Waals surface area (Å²) in [5, 5.41) is 11.8. The predicted molar refractivity (Wildman–Crippen MR) is 79.6 cm³/mol. The SMILES string of the molecule is CCCN(CC(N)=NO)Cc1c(C)cc(C)cc1C. The number of nitrogens with zero attached hydrogens (tertiary/aromatic N) is 2. The van der Waals surface area contributed by atoms with E-state index in [1.165, 1.54) is 22.3 Å². The first-order valence-corrected chi connectivity index (χ1v) is 6.73. The lowest BCUT2D eigenvalue weighted by molar-refractivity contribution is 0.285. The van der Waals surface area contributed by atoms with E-state index < -0.39 is 0 Å². The second kappa shape index (κ2) is 7.14. The van der Waals surface area contributed by atoms with Crippen LogP contribution in [0, 0.1) is 20.8 Å². The van der Waals surface area contributed by atoms with Crippen molar-refractivity contribution in [2.24, 2.45) is 10.9 Å². The molecular weight excluding hydrogens is 238 g/mol. The van der Waals surface area contributed by atoms with Gasteiger partial charge in [0.2, 0.25) is 0 Å². The molecule has 0 saturated heterocycles. The number of rotatable bonds is 6. The maximum absolute atomic E-state index is 8.70. The average molecular weight is 263 g/mol. The third-order valence-electron chi connectivity index (χ3n) is 3.28. The molecule has 1 rings (SSSR count). The van der Waals surface area contributed by atoms with E-state index in [1.807, 2.05) is 0 Å². The van der Waals surface area contributed by atoms with E-state index in [1.54, 1.807) is 0 Å². The van der Waals surface area contributed by atoms with E-state index in [-0.39, 0.29) is 5.84 Å². The van der Waals surface area contributed by atoms with Crippen molar-refractivity contribution >= 4 is 5.84 Å². The molecule has 4 nitrogen and oxygen atoms in total. The molecule has 106 valence electrons. The van der Waals surface area contributed by atoms with Crippen molar-refractivity contribution in [1.29, 1.82) is 0 Å². The van der Waals surface area contributed by atoms with Crippen molar-refractivity contribution in [3.05, 3.63) is 34.4 Å². The van der Waals surface area contributed by atoms with Crippen LogP contribution in [0.4, 0.5) is 0 Å². The van der Waals surface area contributed by atoms with Gasteiger partial charge in [0, 0.05) is 6.54 Å². The summed E-state index contributed by atoms with van der Waals surface area (Å²) in [5.74, 6) is 0.260. The molecule has 0 bridgehead atoms. The molecule has 0 spiro atoms. The van der Waals surface area contributed by atoms with Crippen molar-refractivity contribution in [2.75, 3.05) is 13.1 Å². The molecule has 3 N–H and O–H groups in total. The zero-order valence-electron chi connectivity index (χ0n) is 12.4. The number of hydrogen-bond acceptors (Lipinski definition) is 3. The number of aryl methyl sites for hydroxylation is 3. The molecule has 0 aliphatic carbocycles. The molecule has 0 atom stereocenters. The lowest BCUT2D eigenvalue weighted by Crippen LogP contribution is -2.34. The normalized spacial score (nSPS) is 12.2. The minimum atomic E-state index is 0.260. The van der Waals surface area contributed by atoms with Crippen LogP contribution in [0.15, 0.2) is 17.3 Å². The summed E-state index contributed by atoms with van der Waals surface area (Å²) < 4.78 is 0. The fraction of sp³-hybridized carbons (Fsp3) is 0.533. The zero-order valence-corrected chi connectivity index (χ0v) is 12.4. The Hall–Kier alpha value is -1.55. The Labute approximate surface area is 115 Å². The van der Waals surface area contributed by atoms with E-state index in [9.17, 15) is 0 Å². The van der Waals surface area contributed by atoms with Crippen LogP contribution in [0.25, 0.3) is 0 Å². The molecule has 19 heavy (non-hydrogen) atoms. The first-order valence-electron chi connectivity index (χ1n) is 6.73. The summed E-state index contributed by atoms with van der Waals surface area (Å²) in [7, 11) is 0. The van der Waals surface area contributed by atoms with Gasteiger partial charge in [0.1, 0.15) is 0 Å². The summed E-state index contributed by atoms with van der Waals surface area (Å²) in [5.41, 5.74) is 10.9. The van der Waals surface area contributed by atoms with Crippen LogP contribution >= 0.6 is 0 Å². The molecule has 4 heteroatoms. The van der Waals surface area contributed by atoms with Crippen molar-refractivity contribution in [3.63, 3.8) is 0 Å². The zero-order chi connectivity index (χ0) is 14.4. The molecule has 1 aromatic carbocycles. The van der Waals surface area contributed by atoms with Gasteiger partial charge in [0.05, 0.1) is 6.54 Å². The Kier molecular flexibility index (Phi) is 5.83. The minimum Gasteiger partial charge on any atom is -0.409 e. The Balaban J connectivity index is 2.90. The molecular formula is C15H25N3O. The van der Waals surface area contributed by atoms with Crippen molar-refractivity contribution in [3.8, 4) is 0 Å². The van der Waals surface area contributed by atoms with E-state index in [4.69, 9.17) is 10.9 Å². The number of nitrogens with two attached hydrogens (primary N) is 1. The molecule has 0 radical (unpaired) electrons. The third kappa shape index (κ3) is 4.56. The van der Waals surface area contributed by atoms with Gasteiger partial charge in [-0.3, -0.25) is 4.90 Å². The predicted octanol–water partition coefficient (Wildman–Crippen LogP) is 2.57. The summed E-state index contributed by atoms with van der Waals surface area (Å²) in [6, 6.07) is 4.41. The first-order chi connectivity index (χ1) is 8.97. The summed E-state index contributed by atoms with van der Waals surface area (Å²) >= 11 is 0. The second-order valence-electron chi connectivity index (χ2n) is 5.18. The fourth-order valence-corrected chi connectivity index (χ4v) is 2.47. The summed E-state index contributed by atoms with van der Waals surface area (Å²) in [4.78, 5) is 2.21. The van der Waals surface area contributed by atoms with Crippen molar-refractivity contribution in [2.45, 2.75) is 40.7 Å². The monoisotopic (exact) mass is 263 g/mol. The highest BCUT2D eigenvalue weighted by Crippen LogP contribution is 2.18. The molecule has 0 amide bonds. The Morgan fingerprint density at radius 3 is 2.32 bits per heavy atom. The van der Waals surface area contributed by atoms with Crippen LogP contribution in [0.3, 0.4) is 0 Å². The largest absolute Gasteiger partial charge is 0.409 e. The van der Waals surface area contributed by atoms with E-state index in [0.717, 1.165) is 19.5 Å². The maximum atomic E-state index is 8.70. The summed E-state index contributed by atoms with van der Waals surface area (Å²) in [6.45, 7) is 10.8. The van der Waals surface area contributed by atoms with Crippen molar-refractivity contribution < 1.29 is 5.21 Å². The molecule has 0 unspecified atom stereocenters. The van der Waals surface area contributed by atoms with Gasteiger partial charge in [-0.1, -0.05) is 29.8 Å². The van der Waals surface area contributed by atoms with E-state index in [2.05, 4.69) is 49.9 Å². The number of hydrogen-bond donors (Lipinski definition) is 2. The quantitative estimate of drug-likeness (QED) is 0.359. The van der Waals surface area contributed by atoms with Crippen LogP contribution in [0.2, 0.25) is 0 Å². The minimum absolute atomic E-state index is 0.260. The Morgan fingerprint density at radius 2 is 1.84 bits per heavy atom. The highest BCUT2D eigenvalue weighted by molar-refractivity contribution is 5.81. The van der Waals surface area contributed by atoms with Crippen LogP contribution in [-0.4, -0.2) is 29.0 Å². The standard InChI is InChI=1S/C15H25N3O/c1-5-6-18(10-15(16)17-19)9-14-12(3)7-11(2)8-13(14)4/h7-8,19H,5-6,9-10H2,1-4H3,(H2,16,17). The topological polar surface area (TPSA) is 61.8 Å². The molecule has 0 fully saturated rings. The fourth-order valence-electron chi connectivity index (χ4n) is 2.47. The van der Waals surface area contributed by atoms with Gasteiger partial charge in [0.15, 0.2) is 5.84 Å². The number of benzene rings is 1. The van der Waals surface area contributed by atoms with Gasteiger partial charge in [0.25, 0.3) is 0 Å². The highest BCUT2D eigenvalue weighted by atomic mass is 16.4. The van der Waals surface area contributed by atoms with Crippen LogP contribution < -0.4 is 5.73 Å². The van der Waals surface area contributed by atoms with E-state index in [0.29, 0.717) is 6.54 Å². The summed E-state index contributed by atoms with van der Waals surface area (Å²) in [6.07, 6.45) is 1.04. The van der Waals surface area contributed by atoms with Gasteiger partial charge in [-0.2, -0.15) is 0 Å². The van der Waals surface area contributed by atoms with Crippen LogP contribution in [-0.2, 0) is 6.54 Å². The highest BCUT2D eigenvalue weighted by Gasteiger charge is 2.11. The van der Waals surface area contributed by atoms with Gasteiger partial charge in [-0.05, 0) is 50.4 Å². The molecule has 0 aliphatic rings.